The summed E-state index contributed by atoms with van der Waals surface area (Å²) in [5, 5.41) is 0. The highest BCUT2D eigenvalue weighted by Gasteiger charge is 2.26. The molecule has 0 saturated heterocycles. The van der Waals surface area contributed by atoms with Crippen LogP contribution >= 0.6 is 8.38 Å². The lowest BCUT2D eigenvalue weighted by Crippen LogP contribution is -2.21. The average Bonchev–Trinajstić information content (AvgIpc) is 3.19. The van der Waals surface area contributed by atoms with Gasteiger partial charge in [0.05, 0.1) is 13.0 Å². The van der Waals surface area contributed by atoms with Crippen LogP contribution in [0.5, 0.6) is 0 Å². The van der Waals surface area contributed by atoms with Crippen LogP contribution in [-0.2, 0) is 36.8 Å². The summed E-state index contributed by atoms with van der Waals surface area (Å²) < 4.78 is 33.7. The molecular formula is C17H21O12P. The predicted octanol–water partition coefficient (Wildman–Crippen LogP) is 1.53. The minimum absolute atomic E-state index is 0.0302. The molecule has 2 atom stereocenters. The molecule has 0 aliphatic rings. The molecule has 1 N–H and O–H groups in total. The second-order valence-electron chi connectivity index (χ2n) is 6.09. The van der Waals surface area contributed by atoms with Crippen LogP contribution in [0.3, 0.4) is 0 Å². The zero-order chi connectivity index (χ0) is 22.3. The first-order chi connectivity index (χ1) is 14.2. The Morgan fingerprint density at radius 3 is 2.07 bits per heavy atom. The third-order valence-electron chi connectivity index (χ3n) is 3.99. The second-order valence-corrected chi connectivity index (χ2v) is 7.42. The van der Waals surface area contributed by atoms with Gasteiger partial charge in [-0.1, -0.05) is 0 Å². The van der Waals surface area contributed by atoms with Crippen molar-refractivity contribution in [1.82, 2.24) is 0 Å². The number of methoxy groups -OCH3 is 1. The molecule has 2 unspecified atom stereocenters. The summed E-state index contributed by atoms with van der Waals surface area (Å²) in [7, 11) is -0.898. The molecule has 12 nitrogen and oxygen atoms in total. The lowest BCUT2D eigenvalue weighted by Gasteiger charge is -2.17. The largest absolute Gasteiger partial charge is 0.519 e. The number of esters is 2. The molecule has 0 fully saturated rings. The molecule has 13 heteroatoms. The number of carbonyl (C=O) groups excluding carboxylic acids is 2. The fraction of sp³-hybridized carbons (Fsp3) is 0.529. The molecule has 0 aromatic carbocycles. The van der Waals surface area contributed by atoms with E-state index >= 15 is 0 Å². The molecule has 0 aliphatic heterocycles. The number of hydrogen-bond donors (Lipinski definition) is 1. The standard InChI is InChI=1S/C17H21O12P/c1-9-12(28-16(20)26-9)6-24-14(18)5-4-11(15(19)23-3)8-30(22)25-7-13-10(2)27-17(21)29-13/h11,22H,4-8H2,1-3H3. The van der Waals surface area contributed by atoms with Crippen LogP contribution < -0.4 is 11.6 Å². The zero-order valence-corrected chi connectivity index (χ0v) is 17.4. The van der Waals surface area contributed by atoms with Gasteiger partial charge in [-0.2, -0.15) is 0 Å². The van der Waals surface area contributed by atoms with Gasteiger partial charge in [0, 0.05) is 12.6 Å². The van der Waals surface area contributed by atoms with Crippen LogP contribution in [0, 0.1) is 19.8 Å². The maximum atomic E-state index is 12.0. The molecule has 0 spiro atoms. The first-order valence-corrected chi connectivity index (χ1v) is 10.1. The van der Waals surface area contributed by atoms with Crippen molar-refractivity contribution >= 4 is 20.3 Å². The summed E-state index contributed by atoms with van der Waals surface area (Å²) in [5.41, 5.74) is 0. The lowest BCUT2D eigenvalue weighted by atomic mass is 10.1. The fourth-order valence-corrected chi connectivity index (χ4v) is 3.43. The van der Waals surface area contributed by atoms with Gasteiger partial charge in [0.2, 0.25) is 0 Å². The highest BCUT2D eigenvalue weighted by Crippen LogP contribution is 2.37. The third-order valence-corrected chi connectivity index (χ3v) is 5.17. The first-order valence-electron chi connectivity index (χ1n) is 8.71. The van der Waals surface area contributed by atoms with E-state index in [1.807, 2.05) is 0 Å². The summed E-state index contributed by atoms with van der Waals surface area (Å²) in [5.74, 6) is -3.25. The number of hydrogen-bond acceptors (Lipinski definition) is 12. The van der Waals surface area contributed by atoms with Gasteiger partial charge >= 0.3 is 23.6 Å². The van der Waals surface area contributed by atoms with Crippen molar-refractivity contribution in [3.8, 4) is 0 Å². The Kier molecular flexibility index (Phi) is 8.58. The molecule has 2 rings (SSSR count). The smallest absolute Gasteiger partial charge is 0.469 e. The highest BCUT2D eigenvalue weighted by molar-refractivity contribution is 7.46. The van der Waals surface area contributed by atoms with Gasteiger partial charge in [0.15, 0.2) is 32.3 Å². The summed E-state index contributed by atoms with van der Waals surface area (Å²) in [4.78, 5) is 55.9. The Labute approximate surface area is 170 Å². The van der Waals surface area contributed by atoms with Crippen molar-refractivity contribution in [2.24, 2.45) is 5.92 Å². The van der Waals surface area contributed by atoms with Crippen LogP contribution in [0.4, 0.5) is 0 Å². The summed E-state index contributed by atoms with van der Waals surface area (Å²) in [6.45, 7) is 2.48. The quantitative estimate of drug-likeness (QED) is 0.389. The molecule has 0 bridgehead atoms. The molecule has 2 aromatic heterocycles. The Morgan fingerprint density at radius 1 is 1.00 bits per heavy atom. The molecule has 0 radical (unpaired) electrons. The van der Waals surface area contributed by atoms with E-state index in [-0.39, 0.29) is 55.3 Å². The number of aryl methyl sites for hydroxylation is 2. The summed E-state index contributed by atoms with van der Waals surface area (Å²) in [6, 6.07) is 0. The maximum Gasteiger partial charge on any atom is 0.519 e. The van der Waals surface area contributed by atoms with Crippen molar-refractivity contribution in [3.63, 3.8) is 0 Å². The van der Waals surface area contributed by atoms with Crippen LogP contribution in [0.1, 0.15) is 35.9 Å². The van der Waals surface area contributed by atoms with Gasteiger partial charge < -0.3 is 36.6 Å². The van der Waals surface area contributed by atoms with Gasteiger partial charge in [-0.15, -0.1) is 0 Å². The number of ether oxygens (including phenoxy) is 2. The minimum atomic E-state index is -2.08. The van der Waals surface area contributed by atoms with E-state index in [2.05, 4.69) is 8.83 Å². The Balaban J connectivity index is 1.82. The van der Waals surface area contributed by atoms with E-state index in [1.165, 1.54) is 21.0 Å². The molecule has 0 amide bonds. The highest BCUT2D eigenvalue weighted by atomic mass is 31.2. The van der Waals surface area contributed by atoms with Crippen molar-refractivity contribution in [2.75, 3.05) is 13.3 Å². The van der Waals surface area contributed by atoms with Gasteiger partial charge in [-0.3, -0.25) is 9.59 Å². The summed E-state index contributed by atoms with van der Waals surface area (Å²) >= 11 is 0. The molecule has 30 heavy (non-hydrogen) atoms. The predicted molar refractivity (Wildman–Crippen MR) is 97.3 cm³/mol. The van der Waals surface area contributed by atoms with E-state index in [0.29, 0.717) is 0 Å². The molecule has 2 heterocycles. The van der Waals surface area contributed by atoms with Gasteiger partial charge in [-0.25, -0.2) is 9.59 Å². The minimum Gasteiger partial charge on any atom is -0.469 e. The maximum absolute atomic E-state index is 12.0. The molecular weight excluding hydrogens is 427 g/mol. The normalized spacial score (nSPS) is 13.1. The average molecular weight is 448 g/mol. The number of carbonyl (C=O) groups is 2. The van der Waals surface area contributed by atoms with Crippen LogP contribution in [0.15, 0.2) is 27.3 Å². The lowest BCUT2D eigenvalue weighted by molar-refractivity contribution is -0.147. The second kappa shape index (κ2) is 10.9. The van der Waals surface area contributed by atoms with Gasteiger partial charge in [-0.05, 0) is 20.3 Å². The Morgan fingerprint density at radius 2 is 1.57 bits per heavy atom. The first kappa shape index (κ1) is 23.6. The topological polar surface area (TPSA) is 169 Å². The van der Waals surface area contributed by atoms with Crippen molar-refractivity contribution < 1.29 is 46.1 Å². The van der Waals surface area contributed by atoms with Crippen LogP contribution in [-0.4, -0.2) is 30.1 Å². The van der Waals surface area contributed by atoms with E-state index in [0.717, 1.165) is 0 Å². The van der Waals surface area contributed by atoms with Crippen LogP contribution in [0.25, 0.3) is 0 Å². The van der Waals surface area contributed by atoms with Crippen LogP contribution in [0.2, 0.25) is 0 Å². The third kappa shape index (κ3) is 6.97. The Hall–Kier alpha value is -2.69. The SMILES string of the molecule is COC(=O)C(CCC(=O)OCc1oc(=O)oc1C)CP(O)OCc1oc(=O)oc1C. The van der Waals surface area contributed by atoms with Crippen molar-refractivity contribution in [3.05, 3.63) is 44.3 Å². The number of rotatable bonds is 11. The van der Waals surface area contributed by atoms with Crippen molar-refractivity contribution in [1.29, 1.82) is 0 Å². The van der Waals surface area contributed by atoms with Gasteiger partial charge in [0.1, 0.15) is 12.4 Å². The van der Waals surface area contributed by atoms with E-state index < -0.39 is 37.9 Å². The molecule has 0 aliphatic carbocycles. The van der Waals surface area contributed by atoms with Gasteiger partial charge in [0.25, 0.3) is 0 Å². The Bertz CT molecular complexity index is 964. The molecule has 166 valence electrons. The zero-order valence-electron chi connectivity index (χ0n) is 16.5. The monoisotopic (exact) mass is 448 g/mol. The van der Waals surface area contributed by atoms with E-state index in [1.54, 1.807) is 0 Å². The molecule has 2 aromatic rings. The van der Waals surface area contributed by atoms with E-state index in [4.69, 9.17) is 22.8 Å². The van der Waals surface area contributed by atoms with Crippen molar-refractivity contribution in [2.45, 2.75) is 39.9 Å². The summed E-state index contributed by atoms with van der Waals surface area (Å²) in [6.07, 6.45) is -0.228. The fourth-order valence-electron chi connectivity index (χ4n) is 2.35. The van der Waals surface area contributed by atoms with E-state index in [9.17, 15) is 24.1 Å². The molecule has 0 saturated carbocycles.